The summed E-state index contributed by atoms with van der Waals surface area (Å²) in [5, 5.41) is 0.568. The third kappa shape index (κ3) is 1.94. The lowest BCUT2D eigenvalue weighted by atomic mass is 9.98. The number of carbonyl (C=O) groups excluding carboxylic acids is 1. The molecule has 0 aromatic heterocycles. The lowest BCUT2D eigenvalue weighted by Gasteiger charge is -2.19. The number of fused-ring (bicyclic) bond motifs is 2. The van der Waals surface area contributed by atoms with Crippen LogP contribution in [0.5, 0.6) is 11.5 Å². The van der Waals surface area contributed by atoms with E-state index < -0.39 is 6.10 Å². The minimum Gasteiger partial charge on any atom is -0.486 e. The van der Waals surface area contributed by atoms with E-state index in [0.29, 0.717) is 35.3 Å². The summed E-state index contributed by atoms with van der Waals surface area (Å²) in [6, 6.07) is 10.8. The van der Waals surface area contributed by atoms with Gasteiger partial charge in [0.2, 0.25) is 0 Å². The van der Waals surface area contributed by atoms with Crippen LogP contribution in [-0.2, 0) is 4.74 Å². The van der Waals surface area contributed by atoms with E-state index in [2.05, 4.69) is 0 Å². The number of hydrogen-bond donors (Lipinski definition) is 0. The third-order valence-electron chi connectivity index (χ3n) is 3.63. The minimum absolute atomic E-state index is 0.369. The van der Waals surface area contributed by atoms with Crippen molar-refractivity contribution >= 4 is 17.6 Å². The summed E-state index contributed by atoms with van der Waals surface area (Å²) in [6.45, 7) is 0.978. The van der Waals surface area contributed by atoms with Crippen LogP contribution in [0.25, 0.3) is 0 Å². The normalized spacial score (nSPS) is 19.1. The average molecular weight is 303 g/mol. The molecule has 0 spiro atoms. The van der Waals surface area contributed by atoms with Crippen LogP contribution in [0.4, 0.5) is 0 Å². The summed E-state index contributed by atoms with van der Waals surface area (Å²) in [6.07, 6.45) is -0.503. The third-order valence-corrected chi connectivity index (χ3v) is 3.97. The molecule has 1 unspecified atom stereocenters. The molecule has 0 saturated carbocycles. The van der Waals surface area contributed by atoms with Crippen LogP contribution in [0.15, 0.2) is 36.4 Å². The second kappa shape index (κ2) is 4.67. The van der Waals surface area contributed by atoms with Gasteiger partial charge in [0.25, 0.3) is 0 Å². The molecule has 0 radical (unpaired) electrons. The van der Waals surface area contributed by atoms with Gasteiger partial charge in [0.15, 0.2) is 17.6 Å². The van der Waals surface area contributed by atoms with Crippen molar-refractivity contribution in [1.29, 1.82) is 0 Å². The highest BCUT2D eigenvalue weighted by atomic mass is 35.5. The van der Waals surface area contributed by atoms with Gasteiger partial charge in [0.05, 0.1) is 5.56 Å². The van der Waals surface area contributed by atoms with E-state index in [1.165, 1.54) is 0 Å². The highest BCUT2D eigenvalue weighted by Gasteiger charge is 2.35. The molecule has 4 rings (SSSR count). The zero-order chi connectivity index (χ0) is 14.4. The summed E-state index contributed by atoms with van der Waals surface area (Å²) >= 11 is 6.21. The summed E-state index contributed by atoms with van der Waals surface area (Å²) in [5.74, 6) is 0.846. The number of halogens is 1. The van der Waals surface area contributed by atoms with Gasteiger partial charge in [-0.3, -0.25) is 0 Å². The lowest BCUT2D eigenvalue weighted by Crippen LogP contribution is -2.16. The molecule has 0 amide bonds. The molecular weight excluding hydrogens is 292 g/mol. The Hall–Kier alpha value is -2.20. The van der Waals surface area contributed by atoms with E-state index in [1.54, 1.807) is 12.1 Å². The fourth-order valence-corrected chi connectivity index (χ4v) is 2.89. The number of benzene rings is 2. The second-order valence-corrected chi connectivity index (χ2v) is 5.30. The molecule has 2 aromatic rings. The highest BCUT2D eigenvalue weighted by Crippen LogP contribution is 2.44. The molecule has 2 heterocycles. The lowest BCUT2D eigenvalue weighted by molar-refractivity contribution is 0.0456. The van der Waals surface area contributed by atoms with Gasteiger partial charge in [0, 0.05) is 16.1 Å². The number of cyclic esters (lactones) is 1. The van der Waals surface area contributed by atoms with Crippen LogP contribution in [0.1, 0.15) is 27.6 Å². The van der Waals surface area contributed by atoms with Crippen LogP contribution in [-0.4, -0.2) is 19.2 Å². The number of carbonyl (C=O) groups is 1. The standard InChI is InChI=1S/C16H11ClO4/c17-12-4-2-1-3-9(12)15-10-7-13-14(20-6-5-19-13)8-11(10)16(18)21-15/h1-4,7-8,15H,5-6H2. The Morgan fingerprint density at radius 1 is 1.00 bits per heavy atom. The quantitative estimate of drug-likeness (QED) is 0.758. The Morgan fingerprint density at radius 2 is 1.71 bits per heavy atom. The van der Waals surface area contributed by atoms with Crippen LogP contribution in [0, 0.1) is 0 Å². The molecule has 0 aliphatic carbocycles. The predicted molar refractivity (Wildman–Crippen MR) is 76.1 cm³/mol. The first-order valence-electron chi connectivity index (χ1n) is 6.63. The highest BCUT2D eigenvalue weighted by molar-refractivity contribution is 6.31. The smallest absolute Gasteiger partial charge is 0.339 e. The van der Waals surface area contributed by atoms with Crippen molar-refractivity contribution in [2.75, 3.05) is 13.2 Å². The van der Waals surface area contributed by atoms with Crippen LogP contribution >= 0.6 is 11.6 Å². The molecule has 0 bridgehead atoms. The maximum Gasteiger partial charge on any atom is 0.339 e. The van der Waals surface area contributed by atoms with Crippen molar-refractivity contribution in [3.63, 3.8) is 0 Å². The number of ether oxygens (including phenoxy) is 3. The zero-order valence-corrected chi connectivity index (χ0v) is 11.7. The molecule has 2 aliphatic heterocycles. The van der Waals surface area contributed by atoms with E-state index in [1.807, 2.05) is 24.3 Å². The Labute approximate surface area is 126 Å². The molecule has 5 heteroatoms. The van der Waals surface area contributed by atoms with Crippen molar-refractivity contribution in [2.45, 2.75) is 6.10 Å². The molecule has 2 aromatic carbocycles. The van der Waals surface area contributed by atoms with E-state index in [0.717, 1.165) is 11.1 Å². The summed E-state index contributed by atoms with van der Waals surface area (Å²) in [4.78, 5) is 12.1. The number of esters is 1. The van der Waals surface area contributed by atoms with Gasteiger partial charge in [-0.2, -0.15) is 0 Å². The van der Waals surface area contributed by atoms with E-state index in [9.17, 15) is 4.79 Å². The van der Waals surface area contributed by atoms with Crippen LogP contribution in [0.2, 0.25) is 5.02 Å². The molecule has 1 atom stereocenters. The van der Waals surface area contributed by atoms with Crippen LogP contribution < -0.4 is 9.47 Å². The summed E-state index contributed by atoms with van der Waals surface area (Å²) in [7, 11) is 0. The fourth-order valence-electron chi connectivity index (χ4n) is 2.65. The number of hydrogen-bond acceptors (Lipinski definition) is 4. The monoisotopic (exact) mass is 302 g/mol. The Morgan fingerprint density at radius 3 is 2.48 bits per heavy atom. The van der Waals surface area contributed by atoms with Gasteiger partial charge in [0.1, 0.15) is 13.2 Å². The Kier molecular flexibility index (Phi) is 2.79. The Balaban J connectivity index is 1.86. The summed E-state index contributed by atoms with van der Waals surface area (Å²) in [5.41, 5.74) is 2.03. The minimum atomic E-state index is -0.503. The van der Waals surface area contributed by atoms with Gasteiger partial charge in [-0.25, -0.2) is 4.79 Å². The van der Waals surface area contributed by atoms with Gasteiger partial charge in [-0.05, 0) is 18.2 Å². The first kappa shape index (κ1) is 12.5. The topological polar surface area (TPSA) is 44.8 Å². The molecule has 21 heavy (non-hydrogen) atoms. The SMILES string of the molecule is O=C1OC(c2ccccc2Cl)c2cc3c(cc21)OCCO3. The predicted octanol–water partition coefficient (Wildman–Crippen LogP) is 3.37. The largest absolute Gasteiger partial charge is 0.486 e. The summed E-state index contributed by atoms with van der Waals surface area (Å²) < 4.78 is 16.6. The number of rotatable bonds is 1. The maximum atomic E-state index is 12.1. The molecule has 0 fully saturated rings. The second-order valence-electron chi connectivity index (χ2n) is 4.89. The van der Waals surface area contributed by atoms with Gasteiger partial charge < -0.3 is 14.2 Å². The van der Waals surface area contributed by atoms with E-state index in [4.69, 9.17) is 25.8 Å². The van der Waals surface area contributed by atoms with Crippen molar-refractivity contribution in [2.24, 2.45) is 0 Å². The van der Waals surface area contributed by atoms with E-state index in [-0.39, 0.29) is 5.97 Å². The first-order valence-corrected chi connectivity index (χ1v) is 7.01. The fraction of sp³-hybridized carbons (Fsp3) is 0.188. The Bertz CT molecular complexity index is 741. The molecular formula is C16H11ClO4. The molecule has 4 nitrogen and oxygen atoms in total. The van der Waals surface area contributed by atoms with Crippen LogP contribution in [0.3, 0.4) is 0 Å². The van der Waals surface area contributed by atoms with Gasteiger partial charge >= 0.3 is 5.97 Å². The first-order chi connectivity index (χ1) is 10.2. The van der Waals surface area contributed by atoms with E-state index >= 15 is 0 Å². The van der Waals surface area contributed by atoms with Gasteiger partial charge in [-0.1, -0.05) is 29.8 Å². The van der Waals surface area contributed by atoms with Crippen molar-refractivity contribution in [1.82, 2.24) is 0 Å². The van der Waals surface area contributed by atoms with Crippen molar-refractivity contribution in [3.8, 4) is 11.5 Å². The maximum absolute atomic E-state index is 12.1. The van der Waals surface area contributed by atoms with Crippen molar-refractivity contribution < 1.29 is 19.0 Å². The molecule has 0 N–H and O–H groups in total. The zero-order valence-electron chi connectivity index (χ0n) is 11.0. The average Bonchev–Trinajstić information content (AvgIpc) is 2.82. The molecule has 2 aliphatic rings. The molecule has 0 saturated heterocycles. The van der Waals surface area contributed by atoms with Gasteiger partial charge in [-0.15, -0.1) is 0 Å². The molecule has 106 valence electrons. The van der Waals surface area contributed by atoms with Crippen molar-refractivity contribution in [3.05, 3.63) is 58.1 Å².